The molecule has 0 saturated carbocycles. The molecule has 8 heteroatoms. The summed E-state index contributed by atoms with van der Waals surface area (Å²) in [5, 5.41) is 12.7. The molecule has 2 aromatic rings. The SMILES string of the molecule is CB1C(C(C)(C)C)B(C)N2c3nnnn3C(C)(C)C2N1c1ccccc1. The standard InChI is InChI=1S/C18H28B2N6/c1-17(2,3)14-19(6)24(13-11-9-8-10-12-13)15-18(4,5)26-16(21-22-23-26)25(15)20(14)7/h8-12,14-15H,1-7H3. The number of para-hydroxylation sites is 1. The van der Waals surface area contributed by atoms with Gasteiger partial charge in [-0.25, -0.2) is 4.68 Å². The topological polar surface area (TPSA) is 50.1 Å². The fraction of sp³-hybridized carbons (Fsp3) is 0.611. The number of hydrogen-bond donors (Lipinski definition) is 0. The van der Waals surface area contributed by atoms with Gasteiger partial charge in [0, 0.05) is 5.69 Å². The molecule has 0 spiro atoms. The van der Waals surface area contributed by atoms with Crippen molar-refractivity contribution in [3.63, 3.8) is 0 Å². The lowest BCUT2D eigenvalue weighted by molar-refractivity contribution is 0.293. The Morgan fingerprint density at radius 1 is 1.00 bits per heavy atom. The number of benzene rings is 1. The highest BCUT2D eigenvalue weighted by molar-refractivity contribution is 6.84. The molecule has 26 heavy (non-hydrogen) atoms. The van der Waals surface area contributed by atoms with Gasteiger partial charge in [0.05, 0.1) is 5.54 Å². The second-order valence-electron chi connectivity index (χ2n) is 9.44. The van der Waals surface area contributed by atoms with Crippen LogP contribution in [0, 0.1) is 5.41 Å². The summed E-state index contributed by atoms with van der Waals surface area (Å²) >= 11 is 0. The van der Waals surface area contributed by atoms with Crippen LogP contribution >= 0.6 is 0 Å². The normalized spacial score (nSPS) is 24.7. The van der Waals surface area contributed by atoms with Crippen molar-refractivity contribution in [2.24, 2.45) is 5.41 Å². The zero-order chi connectivity index (χ0) is 18.9. The predicted molar refractivity (Wildman–Crippen MR) is 109 cm³/mol. The van der Waals surface area contributed by atoms with E-state index in [1.54, 1.807) is 0 Å². The second-order valence-corrected chi connectivity index (χ2v) is 9.44. The first-order valence-corrected chi connectivity index (χ1v) is 9.56. The minimum Gasteiger partial charge on any atom is -0.396 e. The van der Waals surface area contributed by atoms with Crippen LogP contribution < -0.4 is 9.62 Å². The van der Waals surface area contributed by atoms with Crippen molar-refractivity contribution in [1.82, 2.24) is 20.2 Å². The van der Waals surface area contributed by atoms with Gasteiger partial charge in [-0.05, 0) is 47.5 Å². The van der Waals surface area contributed by atoms with Crippen molar-refractivity contribution >= 4 is 25.3 Å². The molecule has 2 aliphatic heterocycles. The van der Waals surface area contributed by atoms with Crippen LogP contribution in [0.15, 0.2) is 30.3 Å². The third-order valence-electron chi connectivity index (χ3n) is 6.36. The van der Waals surface area contributed by atoms with E-state index >= 15 is 0 Å². The summed E-state index contributed by atoms with van der Waals surface area (Å²) in [7, 11) is 0. The lowest BCUT2D eigenvalue weighted by Crippen LogP contribution is -2.72. The summed E-state index contributed by atoms with van der Waals surface area (Å²) in [6.45, 7) is 17.0. The van der Waals surface area contributed by atoms with Crippen LogP contribution in [-0.4, -0.2) is 40.1 Å². The number of aromatic nitrogens is 4. The molecular formula is C18H28B2N6. The first kappa shape index (κ1) is 17.4. The van der Waals surface area contributed by atoms with Crippen LogP contribution in [0.3, 0.4) is 0 Å². The number of nitrogens with zero attached hydrogens (tertiary/aromatic N) is 6. The van der Waals surface area contributed by atoms with Crippen molar-refractivity contribution in [2.75, 3.05) is 9.62 Å². The van der Waals surface area contributed by atoms with E-state index in [0.717, 1.165) is 5.95 Å². The van der Waals surface area contributed by atoms with Crippen molar-refractivity contribution in [1.29, 1.82) is 0 Å². The van der Waals surface area contributed by atoms with Crippen LogP contribution in [0.2, 0.25) is 19.4 Å². The Hall–Kier alpha value is -1.98. The molecule has 2 aliphatic rings. The van der Waals surface area contributed by atoms with Gasteiger partial charge in [-0.3, -0.25) is 0 Å². The lowest BCUT2D eigenvalue weighted by atomic mass is 9.24. The van der Waals surface area contributed by atoms with Gasteiger partial charge in [-0.2, -0.15) is 0 Å². The molecule has 0 radical (unpaired) electrons. The molecule has 3 heterocycles. The van der Waals surface area contributed by atoms with E-state index < -0.39 is 0 Å². The maximum atomic E-state index is 4.40. The third-order valence-corrected chi connectivity index (χ3v) is 6.36. The molecule has 1 aromatic carbocycles. The third kappa shape index (κ3) is 2.23. The van der Waals surface area contributed by atoms with E-state index in [4.69, 9.17) is 0 Å². The number of tetrazole rings is 1. The lowest BCUT2D eigenvalue weighted by Gasteiger charge is -2.56. The Morgan fingerprint density at radius 2 is 1.62 bits per heavy atom. The summed E-state index contributed by atoms with van der Waals surface area (Å²) in [5.74, 6) is 0.884. The first-order valence-electron chi connectivity index (χ1n) is 9.56. The molecule has 2 atom stereocenters. The predicted octanol–water partition coefficient (Wildman–Crippen LogP) is 3.27. The molecule has 1 fully saturated rings. The van der Waals surface area contributed by atoms with E-state index in [0.29, 0.717) is 19.4 Å². The molecule has 0 bridgehead atoms. The van der Waals surface area contributed by atoms with Crippen molar-refractivity contribution in [3.8, 4) is 0 Å². The molecular weight excluding hydrogens is 322 g/mol. The minimum absolute atomic E-state index is 0.159. The second kappa shape index (κ2) is 5.51. The van der Waals surface area contributed by atoms with E-state index in [1.807, 2.05) is 4.68 Å². The van der Waals surface area contributed by atoms with Gasteiger partial charge in [0.2, 0.25) is 5.95 Å². The maximum absolute atomic E-state index is 4.40. The zero-order valence-corrected chi connectivity index (χ0v) is 16.9. The van der Waals surface area contributed by atoms with E-state index in [2.05, 4.69) is 104 Å². The Balaban J connectivity index is 1.92. The Labute approximate surface area is 157 Å². The van der Waals surface area contributed by atoms with Gasteiger partial charge in [0.15, 0.2) is 0 Å². The Kier molecular flexibility index (Phi) is 3.69. The van der Waals surface area contributed by atoms with Gasteiger partial charge in [0.1, 0.15) is 6.17 Å². The molecule has 6 nitrogen and oxygen atoms in total. The van der Waals surface area contributed by atoms with Crippen LogP contribution in [0.4, 0.5) is 11.6 Å². The number of anilines is 2. The van der Waals surface area contributed by atoms with Gasteiger partial charge in [-0.1, -0.05) is 57.7 Å². The van der Waals surface area contributed by atoms with Crippen LogP contribution in [0.25, 0.3) is 0 Å². The molecule has 0 aliphatic carbocycles. The molecule has 1 aromatic heterocycles. The highest BCUT2D eigenvalue weighted by Gasteiger charge is 2.61. The average Bonchev–Trinajstić information content (AvgIpc) is 3.10. The summed E-state index contributed by atoms with van der Waals surface area (Å²) < 4.78 is 2.00. The largest absolute Gasteiger partial charge is 0.396 e. The average molecular weight is 350 g/mol. The van der Waals surface area contributed by atoms with Crippen molar-refractivity contribution < 1.29 is 0 Å². The van der Waals surface area contributed by atoms with Crippen molar-refractivity contribution in [3.05, 3.63) is 30.3 Å². The summed E-state index contributed by atoms with van der Waals surface area (Å²) in [6.07, 6.45) is 0.159. The number of fused-ring (bicyclic) bond motifs is 3. The summed E-state index contributed by atoms with van der Waals surface area (Å²) in [4.78, 5) is 5.02. The quantitative estimate of drug-likeness (QED) is 0.739. The molecule has 136 valence electrons. The fourth-order valence-corrected chi connectivity index (χ4v) is 5.55. The fourth-order valence-electron chi connectivity index (χ4n) is 5.55. The summed E-state index contributed by atoms with van der Waals surface area (Å²) in [5.41, 5.74) is 1.67. The zero-order valence-electron chi connectivity index (χ0n) is 16.9. The van der Waals surface area contributed by atoms with Gasteiger partial charge in [0.25, 0.3) is 13.7 Å². The summed E-state index contributed by atoms with van der Waals surface area (Å²) in [6, 6.07) is 10.8. The van der Waals surface area contributed by atoms with Crippen LogP contribution in [0.5, 0.6) is 0 Å². The molecule has 0 N–H and O–H groups in total. The first-order chi connectivity index (χ1) is 12.2. The van der Waals surface area contributed by atoms with Gasteiger partial charge >= 0.3 is 0 Å². The Bertz CT molecular complexity index is 800. The molecule has 4 rings (SSSR count). The monoisotopic (exact) mass is 350 g/mol. The van der Waals surface area contributed by atoms with Crippen molar-refractivity contribution in [2.45, 2.75) is 65.7 Å². The molecule has 2 unspecified atom stereocenters. The highest BCUT2D eigenvalue weighted by Crippen LogP contribution is 2.50. The van der Waals surface area contributed by atoms with Gasteiger partial charge < -0.3 is 9.62 Å². The minimum atomic E-state index is -0.222. The Morgan fingerprint density at radius 3 is 2.23 bits per heavy atom. The van der Waals surface area contributed by atoms with E-state index in [-0.39, 0.29) is 17.1 Å². The van der Waals surface area contributed by atoms with Crippen LogP contribution in [-0.2, 0) is 5.54 Å². The van der Waals surface area contributed by atoms with E-state index in [1.165, 1.54) is 5.69 Å². The highest BCUT2D eigenvalue weighted by atomic mass is 15.7. The van der Waals surface area contributed by atoms with Crippen LogP contribution in [0.1, 0.15) is 34.6 Å². The van der Waals surface area contributed by atoms with Gasteiger partial charge in [-0.15, -0.1) is 0 Å². The molecule has 0 amide bonds. The van der Waals surface area contributed by atoms with E-state index in [9.17, 15) is 0 Å². The number of rotatable bonds is 1. The maximum Gasteiger partial charge on any atom is 0.256 e. The molecule has 1 saturated heterocycles. The number of hydrogen-bond acceptors (Lipinski definition) is 5. The smallest absolute Gasteiger partial charge is 0.256 e.